The van der Waals surface area contributed by atoms with Gasteiger partial charge in [-0.2, -0.15) is 0 Å². The molecule has 0 bridgehead atoms. The van der Waals surface area contributed by atoms with Crippen LogP contribution in [-0.4, -0.2) is 73.7 Å². The lowest BCUT2D eigenvalue weighted by Gasteiger charge is -2.44. The number of ether oxygens (including phenoxy) is 1. The summed E-state index contributed by atoms with van der Waals surface area (Å²) in [4.78, 5) is 20.2. The smallest absolute Gasteiger partial charge is 0.234 e. The average Bonchev–Trinajstić information content (AvgIpc) is 2.80. The molecule has 160 valence electrons. The summed E-state index contributed by atoms with van der Waals surface area (Å²) in [6.07, 6.45) is 3.72. The van der Waals surface area contributed by atoms with Crippen molar-refractivity contribution >= 4 is 16.7 Å². The van der Waals surface area contributed by atoms with Crippen LogP contribution in [0.4, 0.5) is 0 Å². The zero-order valence-electron chi connectivity index (χ0n) is 17.1. The number of carbonyl (C=O) groups is 1. The Labute approximate surface area is 176 Å². The van der Waals surface area contributed by atoms with E-state index in [1.54, 1.807) is 0 Å². The Morgan fingerprint density at radius 3 is 2.80 bits per heavy atom. The summed E-state index contributed by atoms with van der Waals surface area (Å²) in [7, 11) is 0. The molecular weight excluding hydrogens is 380 g/mol. The van der Waals surface area contributed by atoms with Crippen LogP contribution in [0.15, 0.2) is 36.5 Å². The SMILES string of the molecule is O=C1NC(N2CCOCC2)NC(N[C@@H]2CCCNC2)C1c1cc2ccccc2cn1. The molecule has 3 aliphatic heterocycles. The Morgan fingerprint density at radius 1 is 1.17 bits per heavy atom. The molecule has 1 amide bonds. The zero-order chi connectivity index (χ0) is 20.3. The second kappa shape index (κ2) is 8.95. The fourth-order valence-corrected chi connectivity index (χ4v) is 4.68. The highest BCUT2D eigenvalue weighted by Crippen LogP contribution is 2.25. The number of hydrogen-bond acceptors (Lipinski definition) is 7. The number of rotatable bonds is 4. The number of aromatic nitrogens is 1. The van der Waals surface area contributed by atoms with Gasteiger partial charge in [-0.25, -0.2) is 0 Å². The first-order valence-electron chi connectivity index (χ1n) is 11.0. The molecule has 2 aromatic rings. The topological polar surface area (TPSA) is 90.6 Å². The number of nitrogens with zero attached hydrogens (tertiary/aromatic N) is 2. The number of amides is 1. The molecule has 5 rings (SSSR count). The van der Waals surface area contributed by atoms with Crippen LogP contribution in [0.3, 0.4) is 0 Å². The van der Waals surface area contributed by atoms with E-state index in [-0.39, 0.29) is 18.4 Å². The van der Waals surface area contributed by atoms with E-state index in [9.17, 15) is 4.79 Å². The highest BCUT2D eigenvalue weighted by molar-refractivity contribution is 5.87. The van der Waals surface area contributed by atoms with Crippen LogP contribution in [0.5, 0.6) is 0 Å². The van der Waals surface area contributed by atoms with Crippen LogP contribution in [0, 0.1) is 0 Å². The summed E-state index contributed by atoms with van der Waals surface area (Å²) >= 11 is 0. The van der Waals surface area contributed by atoms with Crippen molar-refractivity contribution in [1.29, 1.82) is 0 Å². The first-order valence-corrected chi connectivity index (χ1v) is 11.0. The van der Waals surface area contributed by atoms with E-state index < -0.39 is 5.92 Å². The van der Waals surface area contributed by atoms with Gasteiger partial charge in [-0.15, -0.1) is 0 Å². The van der Waals surface area contributed by atoms with Gasteiger partial charge in [0.25, 0.3) is 0 Å². The predicted octanol–water partition coefficient (Wildman–Crippen LogP) is 0.321. The second-order valence-corrected chi connectivity index (χ2v) is 8.35. The van der Waals surface area contributed by atoms with Crippen molar-refractivity contribution in [3.8, 4) is 0 Å². The molecule has 1 aromatic heterocycles. The molecule has 0 saturated carbocycles. The van der Waals surface area contributed by atoms with Crippen molar-refractivity contribution in [2.24, 2.45) is 0 Å². The van der Waals surface area contributed by atoms with Gasteiger partial charge in [0.05, 0.1) is 25.1 Å². The van der Waals surface area contributed by atoms with Crippen molar-refractivity contribution in [2.75, 3.05) is 39.4 Å². The predicted molar refractivity (Wildman–Crippen MR) is 115 cm³/mol. The van der Waals surface area contributed by atoms with E-state index in [2.05, 4.69) is 37.2 Å². The fourth-order valence-electron chi connectivity index (χ4n) is 4.68. The van der Waals surface area contributed by atoms with E-state index in [1.165, 1.54) is 0 Å². The lowest BCUT2D eigenvalue weighted by Crippen LogP contribution is -2.71. The van der Waals surface area contributed by atoms with Gasteiger partial charge < -0.3 is 15.4 Å². The van der Waals surface area contributed by atoms with Gasteiger partial charge in [-0.05, 0) is 30.8 Å². The molecule has 0 radical (unpaired) electrons. The molecule has 8 nitrogen and oxygen atoms in total. The van der Waals surface area contributed by atoms with Gasteiger partial charge in [0.1, 0.15) is 12.2 Å². The van der Waals surface area contributed by atoms with Crippen molar-refractivity contribution in [2.45, 2.75) is 37.3 Å². The number of morpholine rings is 1. The first kappa shape index (κ1) is 19.8. The molecule has 3 fully saturated rings. The number of piperidine rings is 1. The standard InChI is InChI=1S/C22H30N6O2/c29-21-19(18-12-15-4-1-2-5-16(15)13-24-18)20(25-17-6-3-7-23-14-17)26-22(27-21)28-8-10-30-11-9-28/h1-2,4-5,12-13,17,19-20,22-23,25-26H,3,6-11,14H2,(H,27,29)/t17-,19?,20?,22?/m1/s1. The number of nitrogens with one attached hydrogen (secondary N) is 4. The molecule has 1 aromatic carbocycles. The average molecular weight is 411 g/mol. The highest BCUT2D eigenvalue weighted by atomic mass is 16.5. The van der Waals surface area contributed by atoms with E-state index in [4.69, 9.17) is 4.74 Å². The number of hydrogen-bond donors (Lipinski definition) is 4. The molecule has 0 aliphatic carbocycles. The lowest BCUT2D eigenvalue weighted by atomic mass is 9.94. The summed E-state index contributed by atoms with van der Waals surface area (Å²) < 4.78 is 5.48. The molecular formula is C22H30N6O2. The molecule has 30 heavy (non-hydrogen) atoms. The van der Waals surface area contributed by atoms with Crippen molar-refractivity contribution in [3.63, 3.8) is 0 Å². The summed E-state index contributed by atoms with van der Waals surface area (Å²) in [5.41, 5.74) is 0.792. The van der Waals surface area contributed by atoms with Gasteiger partial charge in [0, 0.05) is 37.3 Å². The largest absolute Gasteiger partial charge is 0.379 e. The van der Waals surface area contributed by atoms with Crippen LogP contribution >= 0.6 is 0 Å². The fraction of sp³-hybridized carbons (Fsp3) is 0.545. The number of benzene rings is 1. The van der Waals surface area contributed by atoms with Crippen molar-refractivity contribution < 1.29 is 9.53 Å². The Balaban J connectivity index is 1.42. The quantitative estimate of drug-likeness (QED) is 0.577. The molecule has 3 aliphatic rings. The van der Waals surface area contributed by atoms with Crippen molar-refractivity contribution in [3.05, 3.63) is 42.2 Å². The van der Waals surface area contributed by atoms with Crippen LogP contribution in [-0.2, 0) is 9.53 Å². The summed E-state index contributed by atoms with van der Waals surface area (Å²) in [6.45, 7) is 4.95. The molecule has 3 unspecified atom stereocenters. The van der Waals surface area contributed by atoms with E-state index in [1.807, 2.05) is 30.5 Å². The Hall–Kier alpha value is -2.10. The van der Waals surface area contributed by atoms with Gasteiger partial charge in [0.2, 0.25) is 5.91 Å². The van der Waals surface area contributed by atoms with Gasteiger partial charge in [-0.3, -0.25) is 25.3 Å². The first-order chi connectivity index (χ1) is 14.8. The van der Waals surface area contributed by atoms with E-state index >= 15 is 0 Å². The molecule has 4 N–H and O–H groups in total. The van der Waals surface area contributed by atoms with Crippen LogP contribution in [0.1, 0.15) is 24.5 Å². The van der Waals surface area contributed by atoms with Crippen molar-refractivity contribution in [1.82, 2.24) is 31.2 Å². The summed E-state index contributed by atoms with van der Waals surface area (Å²) in [5.74, 6) is -0.386. The molecule has 0 spiro atoms. The van der Waals surface area contributed by atoms with Gasteiger partial charge in [-0.1, -0.05) is 24.3 Å². The molecule has 4 atom stereocenters. The second-order valence-electron chi connectivity index (χ2n) is 8.35. The van der Waals surface area contributed by atoms with Crippen LogP contribution < -0.4 is 21.3 Å². The van der Waals surface area contributed by atoms with E-state index in [0.29, 0.717) is 19.3 Å². The maximum Gasteiger partial charge on any atom is 0.234 e. The number of fused-ring (bicyclic) bond motifs is 1. The normalized spacial score (nSPS) is 30.9. The molecule has 3 saturated heterocycles. The monoisotopic (exact) mass is 410 g/mol. The highest BCUT2D eigenvalue weighted by Gasteiger charge is 2.41. The maximum atomic E-state index is 13.3. The zero-order valence-corrected chi connectivity index (χ0v) is 17.1. The van der Waals surface area contributed by atoms with Crippen LogP contribution in [0.25, 0.3) is 10.8 Å². The Kier molecular flexibility index (Phi) is 5.92. The number of carbonyl (C=O) groups excluding carboxylic acids is 1. The van der Waals surface area contributed by atoms with Crippen LogP contribution in [0.2, 0.25) is 0 Å². The maximum absolute atomic E-state index is 13.3. The minimum atomic E-state index is -0.395. The summed E-state index contributed by atoms with van der Waals surface area (Å²) in [6, 6.07) is 10.5. The molecule has 8 heteroatoms. The number of pyridine rings is 1. The molecule has 4 heterocycles. The van der Waals surface area contributed by atoms with E-state index in [0.717, 1.165) is 55.5 Å². The minimum Gasteiger partial charge on any atom is -0.379 e. The minimum absolute atomic E-state index is 0.00860. The van der Waals surface area contributed by atoms with Gasteiger partial charge >= 0.3 is 0 Å². The summed E-state index contributed by atoms with van der Waals surface area (Å²) in [5, 5.41) is 16.2. The van der Waals surface area contributed by atoms with Gasteiger partial charge in [0.15, 0.2) is 0 Å². The Bertz CT molecular complexity index is 881. The lowest BCUT2D eigenvalue weighted by molar-refractivity contribution is -0.131. The third-order valence-electron chi connectivity index (χ3n) is 6.33. The third kappa shape index (κ3) is 4.19. The third-order valence-corrected chi connectivity index (χ3v) is 6.33. The Morgan fingerprint density at radius 2 is 2.00 bits per heavy atom.